The number of rotatable bonds is 1. The maximum Gasteiger partial charge on any atom is 0.238 e. The number of benzene rings is 1. The fourth-order valence-corrected chi connectivity index (χ4v) is 1.50. The standard InChI is InChI=1S/C6H6INO2S.ClH/c7-5-1-3-6(4-2-5)11(8,9)10;/h1-4H,(H2,8,9,10);1H. The molecule has 1 rings (SSSR count). The van der Waals surface area contributed by atoms with Crippen molar-refractivity contribution in [3.63, 3.8) is 0 Å². The molecule has 6 heteroatoms. The molecule has 0 aliphatic rings. The molecule has 1 aromatic rings. The smallest absolute Gasteiger partial charge is 0.225 e. The summed E-state index contributed by atoms with van der Waals surface area (Å²) in [6, 6.07) is 6.36. The van der Waals surface area contributed by atoms with Gasteiger partial charge in [-0.3, -0.25) is 0 Å². The first-order valence-corrected chi connectivity index (χ1v) is 5.41. The SMILES string of the molecule is Cl.NS(=O)(=O)c1ccc(I)cc1. The van der Waals surface area contributed by atoms with E-state index in [4.69, 9.17) is 5.14 Å². The van der Waals surface area contributed by atoms with E-state index in [9.17, 15) is 8.42 Å². The zero-order chi connectivity index (χ0) is 8.48. The number of hydrogen-bond donors (Lipinski definition) is 1. The molecule has 0 amide bonds. The van der Waals surface area contributed by atoms with Crippen LogP contribution in [0.5, 0.6) is 0 Å². The van der Waals surface area contributed by atoms with E-state index in [1.807, 2.05) is 0 Å². The summed E-state index contributed by atoms with van der Waals surface area (Å²) in [5.74, 6) is 0. The lowest BCUT2D eigenvalue weighted by Crippen LogP contribution is -2.11. The molecule has 68 valence electrons. The zero-order valence-electron chi connectivity index (χ0n) is 5.90. The van der Waals surface area contributed by atoms with Gasteiger partial charge in [0.25, 0.3) is 0 Å². The maximum absolute atomic E-state index is 10.7. The molecule has 0 radical (unpaired) electrons. The average molecular weight is 320 g/mol. The van der Waals surface area contributed by atoms with Gasteiger partial charge in [0.2, 0.25) is 10.0 Å². The van der Waals surface area contributed by atoms with Gasteiger partial charge in [0.1, 0.15) is 0 Å². The van der Waals surface area contributed by atoms with Crippen molar-refractivity contribution in [2.24, 2.45) is 5.14 Å². The molecule has 3 nitrogen and oxygen atoms in total. The summed E-state index contributed by atoms with van der Waals surface area (Å²) in [5.41, 5.74) is 0. The molecule has 0 fully saturated rings. The lowest BCUT2D eigenvalue weighted by molar-refractivity contribution is 0.598. The molecule has 2 N–H and O–H groups in total. The third kappa shape index (κ3) is 3.26. The number of halogens is 2. The van der Waals surface area contributed by atoms with Gasteiger partial charge in [-0.25, -0.2) is 13.6 Å². The summed E-state index contributed by atoms with van der Waals surface area (Å²) < 4.78 is 22.4. The van der Waals surface area contributed by atoms with E-state index < -0.39 is 10.0 Å². The van der Waals surface area contributed by atoms with Crippen molar-refractivity contribution in [1.82, 2.24) is 0 Å². The number of primary sulfonamides is 1. The van der Waals surface area contributed by atoms with E-state index in [-0.39, 0.29) is 17.3 Å². The summed E-state index contributed by atoms with van der Waals surface area (Å²) in [6.45, 7) is 0. The highest BCUT2D eigenvalue weighted by atomic mass is 127. The van der Waals surface area contributed by atoms with Gasteiger partial charge >= 0.3 is 0 Å². The Kier molecular flexibility index (Phi) is 4.46. The van der Waals surface area contributed by atoms with Gasteiger partial charge < -0.3 is 0 Å². The van der Waals surface area contributed by atoms with Crippen LogP contribution >= 0.6 is 35.0 Å². The fraction of sp³-hybridized carbons (Fsp3) is 0. The van der Waals surface area contributed by atoms with Crippen LogP contribution in [0, 0.1) is 3.57 Å². The highest BCUT2D eigenvalue weighted by Crippen LogP contribution is 2.09. The van der Waals surface area contributed by atoms with Gasteiger partial charge in [-0.1, -0.05) is 0 Å². The van der Waals surface area contributed by atoms with E-state index in [0.717, 1.165) is 3.57 Å². The molecule has 0 bridgehead atoms. The average Bonchev–Trinajstić information content (AvgIpc) is 1.86. The van der Waals surface area contributed by atoms with E-state index in [0.29, 0.717) is 0 Å². The van der Waals surface area contributed by atoms with E-state index in [1.54, 1.807) is 12.1 Å². The van der Waals surface area contributed by atoms with Crippen molar-refractivity contribution in [3.8, 4) is 0 Å². The van der Waals surface area contributed by atoms with Crippen LogP contribution in [0.25, 0.3) is 0 Å². The maximum atomic E-state index is 10.7. The number of sulfonamides is 1. The van der Waals surface area contributed by atoms with Crippen molar-refractivity contribution in [2.75, 3.05) is 0 Å². The third-order valence-corrected chi connectivity index (χ3v) is 2.79. The molecular formula is C6H7ClINO2S. The Labute approximate surface area is 90.9 Å². The minimum atomic E-state index is -3.52. The van der Waals surface area contributed by atoms with Crippen molar-refractivity contribution in [1.29, 1.82) is 0 Å². The van der Waals surface area contributed by atoms with Crippen LogP contribution in [0.15, 0.2) is 29.2 Å². The van der Waals surface area contributed by atoms with Gasteiger partial charge in [0.15, 0.2) is 0 Å². The first-order chi connectivity index (χ1) is 5.00. The first-order valence-electron chi connectivity index (χ1n) is 2.78. The Balaban J connectivity index is 0.00000121. The highest BCUT2D eigenvalue weighted by Gasteiger charge is 2.05. The van der Waals surface area contributed by atoms with Crippen LogP contribution in [0.1, 0.15) is 0 Å². The minimum Gasteiger partial charge on any atom is -0.225 e. The first kappa shape index (κ1) is 12.2. The predicted octanol–water partition coefficient (Wildman–Crippen LogP) is 1.36. The van der Waals surface area contributed by atoms with Crippen LogP contribution < -0.4 is 5.14 Å². The Morgan fingerprint density at radius 2 is 1.58 bits per heavy atom. The Bertz CT molecular complexity index is 348. The monoisotopic (exact) mass is 319 g/mol. The van der Waals surface area contributed by atoms with Gasteiger partial charge in [-0.05, 0) is 46.9 Å². The Morgan fingerprint density at radius 1 is 1.17 bits per heavy atom. The molecule has 0 aromatic heterocycles. The third-order valence-electron chi connectivity index (χ3n) is 1.14. The second-order valence-corrected chi connectivity index (χ2v) is 4.81. The molecule has 0 spiro atoms. The van der Waals surface area contributed by atoms with Gasteiger partial charge in [0, 0.05) is 3.57 Å². The molecule has 0 atom stereocenters. The molecular weight excluding hydrogens is 312 g/mol. The minimum absolute atomic E-state index is 0. The fourth-order valence-electron chi connectivity index (χ4n) is 0.624. The van der Waals surface area contributed by atoms with E-state index in [1.165, 1.54) is 12.1 Å². The van der Waals surface area contributed by atoms with Crippen LogP contribution in [-0.4, -0.2) is 8.42 Å². The normalized spacial score (nSPS) is 10.5. The molecule has 0 aliphatic heterocycles. The Hall–Kier alpha value is 0.150. The van der Waals surface area contributed by atoms with Crippen molar-refractivity contribution in [3.05, 3.63) is 27.8 Å². The summed E-state index contributed by atoms with van der Waals surface area (Å²) >= 11 is 2.09. The summed E-state index contributed by atoms with van der Waals surface area (Å²) in [5, 5.41) is 4.88. The summed E-state index contributed by atoms with van der Waals surface area (Å²) in [4.78, 5) is 0.151. The number of nitrogens with two attached hydrogens (primary N) is 1. The Morgan fingerprint density at radius 3 is 1.92 bits per heavy atom. The quantitative estimate of drug-likeness (QED) is 0.795. The molecule has 0 saturated heterocycles. The molecule has 0 unspecified atom stereocenters. The lowest BCUT2D eigenvalue weighted by Gasteiger charge is -1.95. The van der Waals surface area contributed by atoms with Gasteiger partial charge in [-0.15, -0.1) is 12.4 Å². The topological polar surface area (TPSA) is 60.2 Å². The second-order valence-electron chi connectivity index (χ2n) is 2.00. The van der Waals surface area contributed by atoms with E-state index >= 15 is 0 Å². The summed E-state index contributed by atoms with van der Waals surface area (Å²) in [6.07, 6.45) is 0. The highest BCUT2D eigenvalue weighted by molar-refractivity contribution is 14.1. The zero-order valence-corrected chi connectivity index (χ0v) is 9.69. The van der Waals surface area contributed by atoms with Gasteiger partial charge in [0.05, 0.1) is 4.90 Å². The molecule has 12 heavy (non-hydrogen) atoms. The largest absolute Gasteiger partial charge is 0.238 e. The van der Waals surface area contributed by atoms with E-state index in [2.05, 4.69) is 22.6 Å². The second kappa shape index (κ2) is 4.40. The van der Waals surface area contributed by atoms with Crippen LogP contribution in [0.2, 0.25) is 0 Å². The summed E-state index contributed by atoms with van der Waals surface area (Å²) in [7, 11) is -3.52. The van der Waals surface area contributed by atoms with Crippen molar-refractivity contribution in [2.45, 2.75) is 4.90 Å². The molecule has 1 aromatic carbocycles. The number of hydrogen-bond acceptors (Lipinski definition) is 2. The van der Waals surface area contributed by atoms with Gasteiger partial charge in [-0.2, -0.15) is 0 Å². The van der Waals surface area contributed by atoms with Crippen molar-refractivity contribution < 1.29 is 8.42 Å². The predicted molar refractivity (Wildman–Crippen MR) is 57.8 cm³/mol. The van der Waals surface area contributed by atoms with Crippen LogP contribution in [-0.2, 0) is 10.0 Å². The lowest BCUT2D eigenvalue weighted by atomic mass is 10.4. The molecule has 0 heterocycles. The van der Waals surface area contributed by atoms with Crippen molar-refractivity contribution >= 4 is 45.0 Å². The molecule has 0 aliphatic carbocycles. The van der Waals surface area contributed by atoms with Crippen LogP contribution in [0.4, 0.5) is 0 Å². The van der Waals surface area contributed by atoms with Crippen LogP contribution in [0.3, 0.4) is 0 Å². The molecule has 0 saturated carbocycles.